The van der Waals surface area contributed by atoms with Gasteiger partial charge in [-0.1, -0.05) is 60.1 Å². The van der Waals surface area contributed by atoms with Crippen LogP contribution in [0.2, 0.25) is 5.02 Å². The Bertz CT molecular complexity index is 927. The molecule has 1 heterocycles. The first kappa shape index (κ1) is 18.1. The number of rotatable bonds is 6. The van der Waals surface area contributed by atoms with Crippen LogP contribution in [-0.2, 0) is 9.59 Å². The van der Waals surface area contributed by atoms with Gasteiger partial charge in [-0.2, -0.15) is 0 Å². The number of carbonyl (C=O) groups excluding carboxylic acids is 1. The van der Waals surface area contributed by atoms with Gasteiger partial charge in [-0.05, 0) is 11.6 Å². The summed E-state index contributed by atoms with van der Waals surface area (Å²) in [7, 11) is 0. The first-order valence-electron chi connectivity index (χ1n) is 7.82. The van der Waals surface area contributed by atoms with Gasteiger partial charge in [-0.3, -0.25) is 9.59 Å². The van der Waals surface area contributed by atoms with Crippen LogP contribution < -0.4 is 5.32 Å². The smallest absolute Gasteiger partial charge is 0.304 e. The molecular weight excluding hydrogens is 372 g/mol. The van der Waals surface area contributed by atoms with Gasteiger partial charge in [0.05, 0.1) is 18.0 Å². The number of aliphatic carboxylic acids is 1. The summed E-state index contributed by atoms with van der Waals surface area (Å²) in [5.74, 6) is -2.23. The van der Waals surface area contributed by atoms with Crippen LogP contribution in [-0.4, -0.2) is 22.0 Å². The van der Waals surface area contributed by atoms with Crippen molar-refractivity contribution in [3.05, 3.63) is 70.6 Å². The zero-order chi connectivity index (χ0) is 18.5. The predicted octanol–water partition coefficient (Wildman–Crippen LogP) is 4.66. The fourth-order valence-corrected chi connectivity index (χ4v) is 3.48. The largest absolute Gasteiger partial charge is 0.481 e. The maximum atomic E-state index is 12.6. The zero-order valence-corrected chi connectivity index (χ0v) is 15.1. The van der Waals surface area contributed by atoms with Crippen molar-refractivity contribution in [2.24, 2.45) is 0 Å². The lowest BCUT2D eigenvalue weighted by molar-refractivity contribution is -0.139. The van der Waals surface area contributed by atoms with Crippen LogP contribution in [0.25, 0.3) is 11.3 Å². The van der Waals surface area contributed by atoms with Gasteiger partial charge in [-0.15, -0.1) is 11.3 Å². The molecule has 0 saturated carbocycles. The summed E-state index contributed by atoms with van der Waals surface area (Å²) in [6.45, 7) is 0. The molecule has 0 bridgehead atoms. The van der Waals surface area contributed by atoms with Crippen LogP contribution in [0.1, 0.15) is 17.9 Å². The summed E-state index contributed by atoms with van der Waals surface area (Å²) in [6.07, 6.45) is -0.293. The van der Waals surface area contributed by atoms with E-state index in [4.69, 9.17) is 16.7 Å². The third-order valence-corrected chi connectivity index (χ3v) is 4.87. The van der Waals surface area contributed by atoms with Gasteiger partial charge in [0.15, 0.2) is 5.13 Å². The molecular formula is C19H15ClN2O3S. The highest BCUT2D eigenvalue weighted by molar-refractivity contribution is 7.14. The number of nitrogens with zero attached hydrogens (tertiary/aromatic N) is 1. The normalized spacial score (nSPS) is 11.7. The summed E-state index contributed by atoms with van der Waals surface area (Å²) in [4.78, 5) is 28.2. The summed E-state index contributed by atoms with van der Waals surface area (Å²) < 4.78 is 0. The molecule has 7 heteroatoms. The molecule has 26 heavy (non-hydrogen) atoms. The monoisotopic (exact) mass is 386 g/mol. The number of carbonyl (C=O) groups is 2. The Morgan fingerprint density at radius 2 is 1.81 bits per heavy atom. The van der Waals surface area contributed by atoms with Crippen LogP contribution in [0.4, 0.5) is 5.13 Å². The number of aromatic nitrogens is 1. The van der Waals surface area contributed by atoms with Crippen molar-refractivity contribution in [1.29, 1.82) is 0 Å². The van der Waals surface area contributed by atoms with E-state index in [1.165, 1.54) is 11.3 Å². The third-order valence-electron chi connectivity index (χ3n) is 3.78. The lowest BCUT2D eigenvalue weighted by Gasteiger charge is -2.14. The van der Waals surface area contributed by atoms with Gasteiger partial charge in [0.1, 0.15) is 0 Å². The number of carboxylic acids is 1. The SMILES string of the molecule is O=C(O)C[C@@H](C(=O)Nc1nc(-c2ccccc2Cl)cs1)c1ccccc1. The van der Waals surface area contributed by atoms with Crippen LogP contribution in [0, 0.1) is 0 Å². The van der Waals surface area contributed by atoms with Gasteiger partial charge in [-0.25, -0.2) is 4.98 Å². The van der Waals surface area contributed by atoms with Gasteiger partial charge in [0, 0.05) is 16.0 Å². The lowest BCUT2D eigenvalue weighted by atomic mass is 9.95. The molecule has 2 aromatic carbocycles. The summed E-state index contributed by atoms with van der Waals surface area (Å²) in [6, 6.07) is 16.2. The minimum atomic E-state index is -1.04. The van der Waals surface area contributed by atoms with Crippen molar-refractivity contribution in [2.75, 3.05) is 5.32 Å². The molecule has 0 unspecified atom stereocenters. The topological polar surface area (TPSA) is 79.3 Å². The average Bonchev–Trinajstić information content (AvgIpc) is 3.08. The van der Waals surface area contributed by atoms with E-state index in [0.717, 1.165) is 5.56 Å². The molecule has 0 spiro atoms. The van der Waals surface area contributed by atoms with E-state index in [2.05, 4.69) is 10.3 Å². The van der Waals surface area contributed by atoms with Crippen molar-refractivity contribution in [3.8, 4) is 11.3 Å². The zero-order valence-electron chi connectivity index (χ0n) is 13.6. The highest BCUT2D eigenvalue weighted by atomic mass is 35.5. The molecule has 1 amide bonds. The van der Waals surface area contributed by atoms with Crippen LogP contribution in [0.3, 0.4) is 0 Å². The van der Waals surface area contributed by atoms with Crippen LogP contribution >= 0.6 is 22.9 Å². The molecule has 132 valence electrons. The van der Waals surface area contributed by atoms with E-state index < -0.39 is 17.8 Å². The maximum absolute atomic E-state index is 12.6. The minimum absolute atomic E-state index is 0.293. The fourth-order valence-electron chi connectivity index (χ4n) is 2.54. The number of amides is 1. The van der Waals surface area contributed by atoms with Crippen LogP contribution in [0.15, 0.2) is 60.0 Å². The lowest BCUT2D eigenvalue weighted by Crippen LogP contribution is -2.23. The Labute approximate surface area is 159 Å². The molecule has 1 atom stereocenters. The van der Waals surface area contributed by atoms with E-state index in [1.54, 1.807) is 35.7 Å². The molecule has 3 aromatic rings. The van der Waals surface area contributed by atoms with E-state index in [-0.39, 0.29) is 6.42 Å². The molecule has 0 aliphatic heterocycles. The van der Waals surface area contributed by atoms with E-state index in [0.29, 0.717) is 21.4 Å². The second-order valence-electron chi connectivity index (χ2n) is 5.57. The number of thiazole rings is 1. The Morgan fingerprint density at radius 3 is 2.50 bits per heavy atom. The third kappa shape index (κ3) is 4.28. The number of anilines is 1. The molecule has 3 rings (SSSR count). The van der Waals surface area contributed by atoms with Crippen LogP contribution in [0.5, 0.6) is 0 Å². The van der Waals surface area contributed by atoms with Crippen molar-refractivity contribution in [2.45, 2.75) is 12.3 Å². The average molecular weight is 387 g/mol. The Hall–Kier alpha value is -2.70. The molecule has 0 radical (unpaired) electrons. The summed E-state index contributed by atoms with van der Waals surface area (Å²) >= 11 is 7.44. The van der Waals surface area contributed by atoms with Crippen molar-refractivity contribution < 1.29 is 14.7 Å². The summed E-state index contributed by atoms with van der Waals surface area (Å²) in [5, 5.41) is 14.6. The maximum Gasteiger partial charge on any atom is 0.304 e. The van der Waals surface area contributed by atoms with Crippen molar-refractivity contribution >= 4 is 39.9 Å². The fraction of sp³-hybridized carbons (Fsp3) is 0.105. The number of halogens is 1. The number of hydrogen-bond donors (Lipinski definition) is 2. The molecule has 0 saturated heterocycles. The summed E-state index contributed by atoms with van der Waals surface area (Å²) in [5.41, 5.74) is 2.08. The van der Waals surface area contributed by atoms with Crippen molar-refractivity contribution in [1.82, 2.24) is 4.98 Å². The second-order valence-corrected chi connectivity index (χ2v) is 6.83. The first-order valence-corrected chi connectivity index (χ1v) is 9.08. The number of benzene rings is 2. The van der Waals surface area contributed by atoms with E-state index in [9.17, 15) is 9.59 Å². The minimum Gasteiger partial charge on any atom is -0.481 e. The standard InChI is InChI=1S/C19H15ClN2O3S/c20-15-9-5-4-8-13(15)16-11-26-19(21-16)22-18(25)14(10-17(23)24)12-6-2-1-3-7-12/h1-9,11,14H,10H2,(H,23,24)(H,21,22,25)/t14-/m1/s1. The Kier molecular flexibility index (Phi) is 5.65. The van der Waals surface area contributed by atoms with Gasteiger partial charge in [0.2, 0.25) is 5.91 Å². The van der Waals surface area contributed by atoms with Gasteiger partial charge < -0.3 is 10.4 Å². The Morgan fingerprint density at radius 1 is 1.12 bits per heavy atom. The second kappa shape index (κ2) is 8.12. The van der Waals surface area contributed by atoms with Gasteiger partial charge >= 0.3 is 5.97 Å². The first-order chi connectivity index (χ1) is 12.5. The molecule has 0 aliphatic carbocycles. The quantitative estimate of drug-likeness (QED) is 0.645. The highest BCUT2D eigenvalue weighted by Crippen LogP contribution is 2.31. The number of nitrogens with one attached hydrogen (secondary N) is 1. The number of carboxylic acid groups (broad SMARTS) is 1. The molecule has 0 fully saturated rings. The molecule has 0 aliphatic rings. The van der Waals surface area contributed by atoms with E-state index in [1.807, 2.05) is 24.3 Å². The van der Waals surface area contributed by atoms with Gasteiger partial charge in [0.25, 0.3) is 0 Å². The van der Waals surface area contributed by atoms with E-state index >= 15 is 0 Å². The Balaban J connectivity index is 1.80. The van der Waals surface area contributed by atoms with Crippen molar-refractivity contribution in [3.63, 3.8) is 0 Å². The molecule has 5 nitrogen and oxygen atoms in total. The predicted molar refractivity (Wildman–Crippen MR) is 103 cm³/mol. The highest BCUT2D eigenvalue weighted by Gasteiger charge is 2.24. The molecule has 1 aromatic heterocycles. The number of hydrogen-bond acceptors (Lipinski definition) is 4. The molecule has 2 N–H and O–H groups in total.